The van der Waals surface area contributed by atoms with E-state index in [1.807, 2.05) is 0 Å². The minimum atomic E-state index is -3.96. The first-order valence-corrected chi connectivity index (χ1v) is 11.4. The third kappa shape index (κ3) is 4.27. The maximum Gasteiger partial charge on any atom is 0.264 e. The lowest BCUT2D eigenvalue weighted by atomic mass is 10.2. The number of nitrogens with one attached hydrogen (secondary N) is 1. The number of halogens is 3. The molecule has 0 aliphatic carbocycles. The number of anilines is 2. The zero-order valence-electron chi connectivity index (χ0n) is 15.5. The van der Waals surface area contributed by atoms with Gasteiger partial charge in [-0.1, -0.05) is 46.9 Å². The maximum atomic E-state index is 13.2. The van der Waals surface area contributed by atoms with Crippen molar-refractivity contribution in [3.05, 3.63) is 69.2 Å². The van der Waals surface area contributed by atoms with Crippen molar-refractivity contribution in [1.82, 2.24) is 10.2 Å². The standard InChI is InChI=1S/C19H13Cl3N4O4S/c20-11-3-1-4-12(9-11)31(28,29)26-7-8-30-19-15(26)10-16(24-25-19)23-18(27)17-13(21)5-2-6-14(17)22/h1-6,9-10H,7-8H2,(H,23,24,27). The smallest absolute Gasteiger partial charge is 0.264 e. The van der Waals surface area contributed by atoms with Crippen molar-refractivity contribution in [2.45, 2.75) is 4.90 Å². The Morgan fingerprint density at radius 1 is 1.03 bits per heavy atom. The SMILES string of the molecule is O=C(Nc1cc2c(nn1)OCCN2S(=O)(=O)c1cccc(Cl)c1)c1c(Cl)cccc1Cl. The fourth-order valence-corrected chi connectivity index (χ4v) is 5.27. The van der Waals surface area contributed by atoms with Gasteiger partial charge in [-0.3, -0.25) is 9.10 Å². The summed E-state index contributed by atoms with van der Waals surface area (Å²) in [6.07, 6.45) is 0. The minimum Gasteiger partial charge on any atom is -0.473 e. The van der Waals surface area contributed by atoms with Gasteiger partial charge in [-0.15, -0.1) is 10.2 Å². The molecule has 160 valence electrons. The van der Waals surface area contributed by atoms with Crippen LogP contribution in [0.15, 0.2) is 53.4 Å². The number of hydrogen-bond acceptors (Lipinski definition) is 6. The van der Waals surface area contributed by atoms with Gasteiger partial charge in [0.2, 0.25) is 0 Å². The van der Waals surface area contributed by atoms with E-state index in [-0.39, 0.29) is 56.1 Å². The van der Waals surface area contributed by atoms with E-state index in [0.29, 0.717) is 0 Å². The summed E-state index contributed by atoms with van der Waals surface area (Å²) in [7, 11) is -3.96. The fraction of sp³-hybridized carbons (Fsp3) is 0.105. The van der Waals surface area contributed by atoms with Gasteiger partial charge < -0.3 is 10.1 Å². The molecule has 1 aliphatic heterocycles. The number of nitrogens with zero attached hydrogens (tertiary/aromatic N) is 3. The number of fused-ring (bicyclic) bond motifs is 1. The highest BCUT2D eigenvalue weighted by atomic mass is 35.5. The Morgan fingerprint density at radius 2 is 1.74 bits per heavy atom. The summed E-state index contributed by atoms with van der Waals surface area (Å²) in [6.45, 7) is 0.125. The molecule has 0 spiro atoms. The van der Waals surface area contributed by atoms with Crippen molar-refractivity contribution in [2.24, 2.45) is 0 Å². The van der Waals surface area contributed by atoms with E-state index in [4.69, 9.17) is 39.5 Å². The van der Waals surface area contributed by atoms with Crippen molar-refractivity contribution < 1.29 is 17.9 Å². The Hall–Kier alpha value is -2.59. The van der Waals surface area contributed by atoms with E-state index >= 15 is 0 Å². The number of aromatic nitrogens is 2. The molecule has 1 N–H and O–H groups in total. The highest BCUT2D eigenvalue weighted by Crippen LogP contribution is 2.35. The molecule has 1 amide bonds. The van der Waals surface area contributed by atoms with E-state index in [1.165, 1.54) is 30.3 Å². The number of ether oxygens (including phenoxy) is 1. The summed E-state index contributed by atoms with van der Waals surface area (Å²) < 4.78 is 32.9. The van der Waals surface area contributed by atoms with E-state index in [9.17, 15) is 13.2 Å². The molecule has 0 saturated heterocycles. The van der Waals surface area contributed by atoms with Crippen LogP contribution in [-0.2, 0) is 10.0 Å². The lowest BCUT2D eigenvalue weighted by Gasteiger charge is -2.29. The molecule has 4 rings (SSSR count). The Morgan fingerprint density at radius 3 is 2.45 bits per heavy atom. The number of carbonyl (C=O) groups excluding carboxylic acids is 1. The van der Waals surface area contributed by atoms with Crippen LogP contribution in [0.1, 0.15) is 10.4 Å². The quantitative estimate of drug-likeness (QED) is 0.575. The van der Waals surface area contributed by atoms with Crippen LogP contribution in [-0.4, -0.2) is 37.7 Å². The van der Waals surface area contributed by atoms with Gasteiger partial charge in [-0.25, -0.2) is 8.42 Å². The zero-order valence-corrected chi connectivity index (χ0v) is 18.6. The molecule has 12 heteroatoms. The van der Waals surface area contributed by atoms with Gasteiger partial charge in [0.1, 0.15) is 12.3 Å². The second-order valence-electron chi connectivity index (χ2n) is 6.35. The number of hydrogen-bond donors (Lipinski definition) is 1. The molecule has 8 nitrogen and oxygen atoms in total. The summed E-state index contributed by atoms with van der Waals surface area (Å²) in [6, 6.07) is 11.9. The van der Waals surface area contributed by atoms with Crippen molar-refractivity contribution >= 4 is 62.2 Å². The number of amides is 1. The second-order valence-corrected chi connectivity index (χ2v) is 9.47. The first-order valence-electron chi connectivity index (χ1n) is 8.81. The van der Waals surface area contributed by atoms with Crippen LogP contribution in [0.5, 0.6) is 5.88 Å². The van der Waals surface area contributed by atoms with Crippen molar-refractivity contribution in [2.75, 3.05) is 22.8 Å². The average molecular weight is 500 g/mol. The van der Waals surface area contributed by atoms with Gasteiger partial charge in [-0.05, 0) is 30.3 Å². The molecule has 0 unspecified atom stereocenters. The maximum absolute atomic E-state index is 13.2. The van der Waals surface area contributed by atoms with E-state index in [0.717, 1.165) is 4.31 Å². The Balaban J connectivity index is 1.69. The van der Waals surface area contributed by atoms with Crippen molar-refractivity contribution in [3.63, 3.8) is 0 Å². The van der Waals surface area contributed by atoms with E-state index in [1.54, 1.807) is 18.2 Å². The zero-order chi connectivity index (χ0) is 22.2. The average Bonchev–Trinajstić information content (AvgIpc) is 2.73. The number of rotatable bonds is 4. The summed E-state index contributed by atoms with van der Waals surface area (Å²) in [5, 5.41) is 10.9. The molecule has 0 atom stereocenters. The molecule has 31 heavy (non-hydrogen) atoms. The molecular weight excluding hydrogens is 487 g/mol. The normalized spacial score (nSPS) is 13.3. The second kappa shape index (κ2) is 8.51. The van der Waals surface area contributed by atoms with Crippen LogP contribution in [0, 0.1) is 0 Å². The third-order valence-electron chi connectivity index (χ3n) is 4.36. The summed E-state index contributed by atoms with van der Waals surface area (Å²) in [4.78, 5) is 12.6. The van der Waals surface area contributed by atoms with Gasteiger partial charge in [0, 0.05) is 11.1 Å². The molecule has 0 radical (unpaired) electrons. The van der Waals surface area contributed by atoms with Gasteiger partial charge >= 0.3 is 0 Å². The number of sulfonamides is 1. The lowest BCUT2D eigenvalue weighted by molar-refractivity contribution is 0.102. The predicted octanol–water partition coefficient (Wildman–Crippen LogP) is 4.28. The first-order chi connectivity index (χ1) is 14.8. The van der Waals surface area contributed by atoms with E-state index < -0.39 is 15.9 Å². The van der Waals surface area contributed by atoms with Gasteiger partial charge in [-0.2, -0.15) is 0 Å². The topological polar surface area (TPSA) is 101 Å². The van der Waals surface area contributed by atoms with Crippen LogP contribution < -0.4 is 14.4 Å². The van der Waals surface area contributed by atoms with Crippen molar-refractivity contribution in [1.29, 1.82) is 0 Å². The molecule has 0 fully saturated rings. The molecule has 0 bridgehead atoms. The van der Waals surface area contributed by atoms with Crippen LogP contribution >= 0.6 is 34.8 Å². The molecular formula is C19H13Cl3N4O4S. The molecule has 1 aliphatic rings. The van der Waals surface area contributed by atoms with Crippen LogP contribution in [0.25, 0.3) is 0 Å². The minimum absolute atomic E-state index is 0.00321. The van der Waals surface area contributed by atoms with Crippen LogP contribution in [0.3, 0.4) is 0 Å². The van der Waals surface area contributed by atoms with Crippen LogP contribution in [0.2, 0.25) is 15.1 Å². The highest BCUT2D eigenvalue weighted by Gasteiger charge is 2.32. The fourth-order valence-electron chi connectivity index (χ4n) is 2.96. The Labute approximate surface area is 192 Å². The van der Waals surface area contributed by atoms with E-state index in [2.05, 4.69) is 15.5 Å². The molecule has 3 aromatic rings. The number of carbonyl (C=O) groups is 1. The van der Waals surface area contributed by atoms with Crippen LogP contribution in [0.4, 0.5) is 11.5 Å². The lowest BCUT2D eigenvalue weighted by Crippen LogP contribution is -2.38. The summed E-state index contributed by atoms with van der Waals surface area (Å²) in [5.41, 5.74) is 0.187. The highest BCUT2D eigenvalue weighted by molar-refractivity contribution is 7.92. The molecule has 1 aromatic heterocycles. The van der Waals surface area contributed by atoms with Gasteiger partial charge in [0.05, 0.1) is 27.0 Å². The Kier molecular flexibility index (Phi) is 5.94. The monoisotopic (exact) mass is 498 g/mol. The predicted molar refractivity (Wildman–Crippen MR) is 118 cm³/mol. The number of benzene rings is 2. The first kappa shape index (κ1) is 21.6. The van der Waals surface area contributed by atoms with Crippen molar-refractivity contribution in [3.8, 4) is 5.88 Å². The molecule has 0 saturated carbocycles. The third-order valence-corrected chi connectivity index (χ3v) is 7.03. The summed E-state index contributed by atoms with van der Waals surface area (Å²) in [5.74, 6) is -0.604. The van der Waals surface area contributed by atoms with Gasteiger partial charge in [0.25, 0.3) is 21.8 Å². The molecule has 2 heterocycles. The summed E-state index contributed by atoms with van der Waals surface area (Å²) >= 11 is 18.1. The van der Waals surface area contributed by atoms with Gasteiger partial charge in [0.15, 0.2) is 5.82 Å². The molecule has 2 aromatic carbocycles. The largest absolute Gasteiger partial charge is 0.473 e. The Bertz CT molecular complexity index is 1270.